The summed E-state index contributed by atoms with van der Waals surface area (Å²) in [4.78, 5) is 0. The zero-order valence-electron chi connectivity index (χ0n) is 7.30. The van der Waals surface area contributed by atoms with Crippen molar-refractivity contribution in [3.63, 3.8) is 0 Å². The lowest BCUT2D eigenvalue weighted by Crippen LogP contribution is -2.02. The molecule has 1 aromatic rings. The summed E-state index contributed by atoms with van der Waals surface area (Å²) in [5.41, 5.74) is 14.5. The highest BCUT2D eigenvalue weighted by Crippen LogP contribution is 2.48. The largest absolute Gasteiger partial charge is 0.397 e. The Morgan fingerprint density at radius 2 is 1.83 bits per heavy atom. The fourth-order valence-electron chi connectivity index (χ4n) is 1.43. The number of rotatable bonds is 1. The number of hydrogen-bond donors (Lipinski definition) is 2. The van der Waals surface area contributed by atoms with Crippen molar-refractivity contribution in [3.8, 4) is 0 Å². The van der Waals surface area contributed by atoms with Gasteiger partial charge in [0.1, 0.15) is 0 Å². The molecular weight excluding hydrogens is 148 g/mol. The van der Waals surface area contributed by atoms with Crippen LogP contribution in [0.15, 0.2) is 18.2 Å². The summed E-state index contributed by atoms with van der Waals surface area (Å²) >= 11 is 0. The van der Waals surface area contributed by atoms with E-state index in [1.54, 1.807) is 0 Å². The van der Waals surface area contributed by atoms with Crippen LogP contribution >= 0.6 is 0 Å². The summed E-state index contributed by atoms with van der Waals surface area (Å²) in [6.45, 7) is 2.26. The predicted octanol–water partition coefficient (Wildman–Crippen LogP) is 1.90. The van der Waals surface area contributed by atoms with Crippen LogP contribution in [0.3, 0.4) is 0 Å². The Morgan fingerprint density at radius 3 is 2.33 bits per heavy atom. The van der Waals surface area contributed by atoms with Gasteiger partial charge in [-0.05, 0) is 36.0 Å². The van der Waals surface area contributed by atoms with E-state index in [9.17, 15) is 0 Å². The van der Waals surface area contributed by atoms with Gasteiger partial charge in [-0.1, -0.05) is 13.0 Å². The molecule has 2 rings (SSSR count). The Balaban J connectivity index is 2.41. The van der Waals surface area contributed by atoms with E-state index >= 15 is 0 Å². The Bertz CT molecular complexity index is 314. The molecular formula is C10H14N2. The number of nitrogen functional groups attached to an aromatic ring is 2. The van der Waals surface area contributed by atoms with Crippen LogP contribution in [0.5, 0.6) is 0 Å². The molecule has 0 spiro atoms. The standard InChI is InChI=1S/C10H14N2/c1-10(4-5-10)7-2-3-8(11)9(12)6-7/h2-3,6H,4-5,11-12H2,1H3. The third kappa shape index (κ3) is 1.04. The second-order valence-electron chi connectivity index (χ2n) is 3.90. The molecule has 1 saturated carbocycles. The Labute approximate surface area is 72.6 Å². The van der Waals surface area contributed by atoms with Gasteiger partial charge in [-0.25, -0.2) is 0 Å². The molecule has 0 amide bonds. The molecule has 0 saturated heterocycles. The van der Waals surface area contributed by atoms with Gasteiger partial charge in [0.25, 0.3) is 0 Å². The summed E-state index contributed by atoms with van der Waals surface area (Å²) in [6, 6.07) is 5.98. The van der Waals surface area contributed by atoms with E-state index < -0.39 is 0 Å². The summed E-state index contributed by atoms with van der Waals surface area (Å²) in [6.07, 6.45) is 2.55. The van der Waals surface area contributed by atoms with Gasteiger partial charge in [0, 0.05) is 0 Å². The molecule has 0 bridgehead atoms. The summed E-state index contributed by atoms with van der Waals surface area (Å²) in [5, 5.41) is 0. The van der Waals surface area contributed by atoms with Crippen LogP contribution in [0.4, 0.5) is 11.4 Å². The molecule has 12 heavy (non-hydrogen) atoms. The minimum Gasteiger partial charge on any atom is -0.397 e. The number of benzene rings is 1. The zero-order chi connectivity index (χ0) is 8.77. The molecule has 64 valence electrons. The lowest BCUT2D eigenvalue weighted by Gasteiger charge is -2.10. The number of nitrogens with two attached hydrogens (primary N) is 2. The monoisotopic (exact) mass is 162 g/mol. The van der Waals surface area contributed by atoms with Crippen molar-refractivity contribution in [2.45, 2.75) is 25.2 Å². The topological polar surface area (TPSA) is 52.0 Å². The van der Waals surface area contributed by atoms with Crippen molar-refractivity contribution in [3.05, 3.63) is 23.8 Å². The van der Waals surface area contributed by atoms with Crippen LogP contribution in [0.2, 0.25) is 0 Å². The average Bonchev–Trinajstić information content (AvgIpc) is 2.75. The number of anilines is 2. The molecule has 1 fully saturated rings. The Hall–Kier alpha value is -1.18. The van der Waals surface area contributed by atoms with Crippen molar-refractivity contribution >= 4 is 11.4 Å². The lowest BCUT2D eigenvalue weighted by atomic mass is 9.97. The van der Waals surface area contributed by atoms with E-state index in [-0.39, 0.29) is 0 Å². The van der Waals surface area contributed by atoms with Crippen molar-refractivity contribution in [2.75, 3.05) is 11.5 Å². The molecule has 4 N–H and O–H groups in total. The van der Waals surface area contributed by atoms with Crippen molar-refractivity contribution in [1.29, 1.82) is 0 Å². The highest BCUT2D eigenvalue weighted by atomic mass is 14.7. The second kappa shape index (κ2) is 2.16. The van der Waals surface area contributed by atoms with Gasteiger partial charge in [-0.2, -0.15) is 0 Å². The molecule has 2 nitrogen and oxygen atoms in total. The lowest BCUT2D eigenvalue weighted by molar-refractivity contribution is 0.788. The van der Waals surface area contributed by atoms with Crippen LogP contribution in [-0.4, -0.2) is 0 Å². The molecule has 0 aromatic heterocycles. The molecule has 0 atom stereocenters. The maximum atomic E-state index is 5.72. The molecule has 1 aliphatic carbocycles. The van der Waals surface area contributed by atoms with Gasteiger partial charge in [-0.15, -0.1) is 0 Å². The Morgan fingerprint density at radius 1 is 1.17 bits per heavy atom. The zero-order valence-corrected chi connectivity index (χ0v) is 7.30. The maximum Gasteiger partial charge on any atom is 0.0550 e. The quantitative estimate of drug-likeness (QED) is 0.620. The predicted molar refractivity (Wildman–Crippen MR) is 51.9 cm³/mol. The van der Waals surface area contributed by atoms with Gasteiger partial charge in [-0.3, -0.25) is 0 Å². The fourth-order valence-corrected chi connectivity index (χ4v) is 1.43. The first-order chi connectivity index (χ1) is 5.62. The normalized spacial score (nSPS) is 19.1. The van der Waals surface area contributed by atoms with E-state index in [0.29, 0.717) is 16.8 Å². The molecule has 0 radical (unpaired) electrons. The number of hydrogen-bond acceptors (Lipinski definition) is 2. The Kier molecular flexibility index (Phi) is 1.34. The minimum absolute atomic E-state index is 0.391. The first kappa shape index (κ1) is 7.47. The summed E-state index contributed by atoms with van der Waals surface area (Å²) < 4.78 is 0. The minimum atomic E-state index is 0.391. The first-order valence-corrected chi connectivity index (χ1v) is 4.27. The third-order valence-corrected chi connectivity index (χ3v) is 2.78. The van der Waals surface area contributed by atoms with E-state index in [1.165, 1.54) is 18.4 Å². The van der Waals surface area contributed by atoms with Gasteiger partial charge < -0.3 is 11.5 Å². The van der Waals surface area contributed by atoms with E-state index in [4.69, 9.17) is 11.5 Å². The van der Waals surface area contributed by atoms with Crippen LogP contribution in [0, 0.1) is 0 Å². The van der Waals surface area contributed by atoms with E-state index in [2.05, 4.69) is 13.0 Å². The highest BCUT2D eigenvalue weighted by Gasteiger charge is 2.38. The molecule has 1 aromatic carbocycles. The smallest absolute Gasteiger partial charge is 0.0550 e. The van der Waals surface area contributed by atoms with Crippen LogP contribution < -0.4 is 11.5 Å². The van der Waals surface area contributed by atoms with Crippen molar-refractivity contribution in [2.24, 2.45) is 0 Å². The van der Waals surface area contributed by atoms with Gasteiger partial charge in [0.15, 0.2) is 0 Å². The third-order valence-electron chi connectivity index (χ3n) is 2.78. The summed E-state index contributed by atoms with van der Waals surface area (Å²) in [5.74, 6) is 0. The van der Waals surface area contributed by atoms with Crippen LogP contribution in [-0.2, 0) is 5.41 Å². The van der Waals surface area contributed by atoms with Crippen LogP contribution in [0.1, 0.15) is 25.3 Å². The fraction of sp³-hybridized carbons (Fsp3) is 0.400. The first-order valence-electron chi connectivity index (χ1n) is 4.27. The summed E-state index contributed by atoms with van der Waals surface area (Å²) in [7, 11) is 0. The second-order valence-corrected chi connectivity index (χ2v) is 3.90. The molecule has 0 aliphatic heterocycles. The van der Waals surface area contributed by atoms with E-state index in [0.717, 1.165) is 0 Å². The molecule has 1 aliphatic rings. The molecule has 2 heteroatoms. The van der Waals surface area contributed by atoms with Gasteiger partial charge >= 0.3 is 0 Å². The van der Waals surface area contributed by atoms with E-state index in [1.807, 2.05) is 12.1 Å². The molecule has 0 unspecified atom stereocenters. The highest BCUT2D eigenvalue weighted by molar-refractivity contribution is 5.64. The maximum absolute atomic E-state index is 5.72. The molecule has 0 heterocycles. The van der Waals surface area contributed by atoms with Gasteiger partial charge in [0.05, 0.1) is 11.4 Å². The average molecular weight is 162 g/mol. The van der Waals surface area contributed by atoms with Crippen molar-refractivity contribution in [1.82, 2.24) is 0 Å². The van der Waals surface area contributed by atoms with Crippen molar-refractivity contribution < 1.29 is 0 Å². The SMILES string of the molecule is CC1(c2ccc(N)c(N)c2)CC1. The van der Waals surface area contributed by atoms with Gasteiger partial charge in [0.2, 0.25) is 0 Å². The van der Waals surface area contributed by atoms with Crippen LogP contribution in [0.25, 0.3) is 0 Å².